The molecule has 0 aromatic heterocycles. The minimum Gasteiger partial charge on any atom is -0.0648 e. The van der Waals surface area contributed by atoms with Gasteiger partial charge in [-0.25, -0.2) is 0 Å². The molecule has 1 fully saturated rings. The predicted molar refractivity (Wildman–Crippen MR) is 76.0 cm³/mol. The molecule has 0 amide bonds. The third-order valence-corrected chi connectivity index (χ3v) is 4.81. The highest BCUT2D eigenvalue weighted by Crippen LogP contribution is 2.50. The average Bonchev–Trinajstić information content (AvgIpc) is 2.41. The summed E-state index contributed by atoms with van der Waals surface area (Å²) in [4.78, 5) is 0. The van der Waals surface area contributed by atoms with Crippen molar-refractivity contribution in [3.8, 4) is 0 Å². The van der Waals surface area contributed by atoms with E-state index in [1.807, 2.05) is 0 Å². The van der Waals surface area contributed by atoms with Gasteiger partial charge in [0, 0.05) is 0 Å². The monoisotopic (exact) mass is 234 g/mol. The Kier molecular flexibility index (Phi) is 3.21. The first-order valence-corrected chi connectivity index (χ1v) is 7.41. The molecule has 17 heavy (non-hydrogen) atoms. The zero-order chi connectivity index (χ0) is 12.8. The second-order valence-corrected chi connectivity index (χ2v) is 8.41. The van der Waals surface area contributed by atoms with Gasteiger partial charge in [-0.15, -0.1) is 0 Å². The quantitative estimate of drug-likeness (QED) is 0.480. The fourth-order valence-electron chi connectivity index (χ4n) is 3.89. The second-order valence-electron chi connectivity index (χ2n) is 8.41. The lowest BCUT2D eigenvalue weighted by Gasteiger charge is -2.35. The van der Waals surface area contributed by atoms with Crippen molar-refractivity contribution in [3.05, 3.63) is 11.1 Å². The van der Waals surface area contributed by atoms with Crippen LogP contribution in [0.4, 0.5) is 0 Å². The zero-order valence-electron chi connectivity index (χ0n) is 12.7. The molecular formula is C17H30. The summed E-state index contributed by atoms with van der Waals surface area (Å²) in [7, 11) is 0. The van der Waals surface area contributed by atoms with Crippen LogP contribution in [0.1, 0.15) is 73.6 Å². The lowest BCUT2D eigenvalue weighted by Crippen LogP contribution is -2.21. The number of rotatable bonds is 0. The molecule has 98 valence electrons. The van der Waals surface area contributed by atoms with Crippen LogP contribution in [-0.4, -0.2) is 0 Å². The van der Waals surface area contributed by atoms with E-state index in [0.29, 0.717) is 10.8 Å². The lowest BCUT2D eigenvalue weighted by atomic mass is 9.71. The van der Waals surface area contributed by atoms with Gasteiger partial charge < -0.3 is 0 Å². The highest BCUT2D eigenvalue weighted by atomic mass is 14.4. The maximum atomic E-state index is 2.41. The molecule has 0 heteroatoms. The first-order chi connectivity index (χ1) is 7.68. The van der Waals surface area contributed by atoms with E-state index >= 15 is 0 Å². The summed E-state index contributed by atoms with van der Waals surface area (Å²) in [5.41, 5.74) is 4.31. The molecule has 2 atom stereocenters. The molecule has 0 heterocycles. The van der Waals surface area contributed by atoms with Crippen LogP contribution in [0.2, 0.25) is 0 Å². The summed E-state index contributed by atoms with van der Waals surface area (Å²) in [6, 6.07) is 0. The summed E-state index contributed by atoms with van der Waals surface area (Å²) in [6.45, 7) is 14.5. The highest BCUT2D eigenvalue weighted by molar-refractivity contribution is 5.27. The van der Waals surface area contributed by atoms with E-state index in [4.69, 9.17) is 0 Å². The van der Waals surface area contributed by atoms with Gasteiger partial charge in [-0.3, -0.25) is 0 Å². The van der Waals surface area contributed by atoms with Crippen molar-refractivity contribution >= 4 is 0 Å². The van der Waals surface area contributed by atoms with Crippen molar-refractivity contribution in [1.29, 1.82) is 0 Å². The van der Waals surface area contributed by atoms with E-state index in [1.54, 1.807) is 11.1 Å². The van der Waals surface area contributed by atoms with Crippen LogP contribution >= 0.6 is 0 Å². The number of hydrogen-bond donors (Lipinski definition) is 0. The Morgan fingerprint density at radius 2 is 1.06 bits per heavy atom. The minimum absolute atomic E-state index is 0.368. The molecule has 2 rings (SSSR count). The van der Waals surface area contributed by atoms with Crippen LogP contribution in [0.5, 0.6) is 0 Å². The third kappa shape index (κ3) is 2.77. The molecule has 0 N–H and O–H groups in total. The van der Waals surface area contributed by atoms with Gasteiger partial charge in [-0.1, -0.05) is 52.7 Å². The van der Waals surface area contributed by atoms with Gasteiger partial charge in [0.2, 0.25) is 0 Å². The van der Waals surface area contributed by atoms with Crippen LogP contribution in [0.3, 0.4) is 0 Å². The van der Waals surface area contributed by atoms with Gasteiger partial charge in [-0.2, -0.15) is 0 Å². The zero-order valence-corrected chi connectivity index (χ0v) is 12.7. The average molecular weight is 234 g/mol. The minimum atomic E-state index is 0.368. The van der Waals surface area contributed by atoms with Gasteiger partial charge in [0.15, 0.2) is 0 Å². The summed E-state index contributed by atoms with van der Waals surface area (Å²) in [5.74, 6) is 1.99. The molecule has 0 aromatic carbocycles. The van der Waals surface area contributed by atoms with E-state index in [-0.39, 0.29) is 0 Å². The molecule has 2 aliphatic rings. The Labute approximate surface area is 108 Å². The van der Waals surface area contributed by atoms with Crippen molar-refractivity contribution in [2.75, 3.05) is 0 Å². The Morgan fingerprint density at radius 3 is 1.35 bits per heavy atom. The van der Waals surface area contributed by atoms with Crippen LogP contribution in [-0.2, 0) is 0 Å². The number of hydrogen-bond acceptors (Lipinski definition) is 0. The van der Waals surface area contributed by atoms with Gasteiger partial charge in [-0.05, 0) is 54.8 Å². The van der Waals surface area contributed by atoms with Gasteiger partial charge in [0.05, 0.1) is 0 Å². The molecule has 0 radical (unpaired) electrons. The fraction of sp³-hybridized carbons (Fsp3) is 0.882. The van der Waals surface area contributed by atoms with E-state index in [0.717, 1.165) is 11.8 Å². The smallest absolute Gasteiger partial charge is 0.0170 e. The number of fused-ring (bicyclic) bond motifs is 2. The van der Waals surface area contributed by atoms with Gasteiger partial charge in [0.25, 0.3) is 0 Å². The molecule has 0 saturated heterocycles. The van der Waals surface area contributed by atoms with Gasteiger partial charge in [0.1, 0.15) is 0 Å². The maximum Gasteiger partial charge on any atom is -0.0170 e. The highest BCUT2D eigenvalue weighted by Gasteiger charge is 2.37. The summed E-state index contributed by atoms with van der Waals surface area (Å²) in [6.07, 6.45) is 7.24. The second kappa shape index (κ2) is 4.14. The molecule has 2 aliphatic carbocycles. The van der Waals surface area contributed by atoms with E-state index < -0.39 is 0 Å². The molecule has 0 nitrogen and oxygen atoms in total. The predicted octanol–water partition coefficient (Wildman–Crippen LogP) is 5.59. The first kappa shape index (κ1) is 13.2. The molecule has 0 aromatic rings. The summed E-state index contributed by atoms with van der Waals surface area (Å²) < 4.78 is 0. The summed E-state index contributed by atoms with van der Waals surface area (Å²) in [5, 5.41) is 0. The Hall–Kier alpha value is -0.260. The standard InChI is InChI=1S/C17H30/c1-16(2,3)14-10-12-7-8-13(9-12)11-15(14)17(4,5)6/h12-13H,7-11H2,1-6H3. The fourth-order valence-corrected chi connectivity index (χ4v) is 3.89. The van der Waals surface area contributed by atoms with Crippen molar-refractivity contribution in [2.45, 2.75) is 73.6 Å². The molecule has 0 aliphatic heterocycles. The molecule has 0 spiro atoms. The number of allylic oxidation sites excluding steroid dienone is 2. The van der Waals surface area contributed by atoms with E-state index in [9.17, 15) is 0 Å². The van der Waals surface area contributed by atoms with Crippen LogP contribution < -0.4 is 0 Å². The SMILES string of the molecule is CC(C)(C)C1=C(C(C)(C)C)CC2CCC(C1)C2. The first-order valence-electron chi connectivity index (χ1n) is 7.41. The molecular weight excluding hydrogens is 204 g/mol. The van der Waals surface area contributed by atoms with Crippen LogP contribution in [0.25, 0.3) is 0 Å². The van der Waals surface area contributed by atoms with Crippen LogP contribution in [0, 0.1) is 22.7 Å². The maximum absolute atomic E-state index is 2.41. The van der Waals surface area contributed by atoms with E-state index in [1.165, 1.54) is 32.1 Å². The normalized spacial score (nSPS) is 30.7. The van der Waals surface area contributed by atoms with E-state index in [2.05, 4.69) is 41.5 Å². The topological polar surface area (TPSA) is 0 Å². The van der Waals surface area contributed by atoms with Crippen molar-refractivity contribution < 1.29 is 0 Å². The lowest BCUT2D eigenvalue weighted by molar-refractivity contribution is 0.392. The molecule has 2 bridgehead atoms. The molecule has 1 saturated carbocycles. The molecule has 2 unspecified atom stereocenters. The Balaban J connectivity index is 2.42. The third-order valence-electron chi connectivity index (χ3n) is 4.81. The largest absolute Gasteiger partial charge is 0.0648 e. The Morgan fingerprint density at radius 1 is 0.706 bits per heavy atom. The van der Waals surface area contributed by atoms with Gasteiger partial charge >= 0.3 is 0 Å². The Bertz CT molecular complexity index is 287. The van der Waals surface area contributed by atoms with Crippen molar-refractivity contribution in [1.82, 2.24) is 0 Å². The van der Waals surface area contributed by atoms with Crippen LogP contribution in [0.15, 0.2) is 11.1 Å². The van der Waals surface area contributed by atoms with Crippen molar-refractivity contribution in [2.24, 2.45) is 22.7 Å². The summed E-state index contributed by atoms with van der Waals surface area (Å²) >= 11 is 0. The van der Waals surface area contributed by atoms with Crippen molar-refractivity contribution in [3.63, 3.8) is 0 Å².